The molecule has 0 N–H and O–H groups in total. The zero-order valence-corrected chi connectivity index (χ0v) is 11.3. The molecule has 0 radical (unpaired) electrons. The van der Waals surface area contributed by atoms with Gasteiger partial charge in [-0.3, -0.25) is 0 Å². The fourth-order valence-corrected chi connectivity index (χ4v) is 3.76. The van der Waals surface area contributed by atoms with Crippen LogP contribution in [0.2, 0.25) is 0 Å². The minimum absolute atomic E-state index is 0.911. The molecule has 0 aromatic heterocycles. The average molecular weight is 224 g/mol. The fourth-order valence-electron chi connectivity index (χ4n) is 3.76. The maximum atomic E-state index is 2.64. The summed E-state index contributed by atoms with van der Waals surface area (Å²) in [6, 6.07) is 0.911. The molecule has 94 valence electrons. The summed E-state index contributed by atoms with van der Waals surface area (Å²) in [6.45, 7) is 9.43. The van der Waals surface area contributed by atoms with Gasteiger partial charge >= 0.3 is 0 Å². The van der Waals surface area contributed by atoms with Gasteiger partial charge in [0, 0.05) is 19.1 Å². The second-order valence-corrected chi connectivity index (χ2v) is 5.75. The molecule has 2 aliphatic rings. The predicted molar refractivity (Wildman–Crippen MR) is 69.7 cm³/mol. The van der Waals surface area contributed by atoms with E-state index >= 15 is 0 Å². The third-order valence-corrected chi connectivity index (χ3v) is 4.93. The lowest BCUT2D eigenvalue weighted by atomic mass is 9.94. The quantitative estimate of drug-likeness (QED) is 0.684. The van der Waals surface area contributed by atoms with E-state index in [0.29, 0.717) is 0 Å². The third kappa shape index (κ3) is 2.60. The van der Waals surface area contributed by atoms with Crippen molar-refractivity contribution in [2.24, 2.45) is 11.8 Å². The lowest BCUT2D eigenvalue weighted by Crippen LogP contribution is -2.41. The fraction of sp³-hybridized carbons (Fsp3) is 1.00. The molecule has 2 nitrogen and oxygen atoms in total. The average Bonchev–Trinajstić information content (AvgIpc) is 2.91. The maximum Gasteiger partial charge on any atom is 0.0124 e. The molecule has 2 fully saturated rings. The van der Waals surface area contributed by atoms with Gasteiger partial charge in [0.15, 0.2) is 0 Å². The summed E-state index contributed by atoms with van der Waals surface area (Å²) < 4.78 is 0. The van der Waals surface area contributed by atoms with Gasteiger partial charge in [-0.25, -0.2) is 0 Å². The Balaban J connectivity index is 1.73. The first-order valence-electron chi connectivity index (χ1n) is 7.17. The highest BCUT2D eigenvalue weighted by Gasteiger charge is 2.40. The zero-order chi connectivity index (χ0) is 11.5. The predicted octanol–water partition coefficient (Wildman–Crippen LogP) is 2.45. The number of hydrogen-bond acceptors (Lipinski definition) is 2. The normalized spacial score (nSPS) is 33.2. The second kappa shape index (κ2) is 5.50. The maximum absolute atomic E-state index is 2.64. The molecule has 2 saturated carbocycles. The summed E-state index contributed by atoms with van der Waals surface area (Å²) in [6.07, 6.45) is 6.04. The van der Waals surface area contributed by atoms with Crippen LogP contribution < -0.4 is 0 Å². The van der Waals surface area contributed by atoms with Crippen molar-refractivity contribution in [2.75, 3.05) is 33.2 Å². The SMILES string of the molecule is CCN(CC)CCN(C)[C@H]1C[C@H]2CC[C@H]1C2. The van der Waals surface area contributed by atoms with Gasteiger partial charge in [0.25, 0.3) is 0 Å². The van der Waals surface area contributed by atoms with Crippen LogP contribution in [-0.4, -0.2) is 49.1 Å². The van der Waals surface area contributed by atoms with Crippen LogP contribution in [0.3, 0.4) is 0 Å². The van der Waals surface area contributed by atoms with Crippen molar-refractivity contribution in [3.05, 3.63) is 0 Å². The van der Waals surface area contributed by atoms with Crippen LogP contribution in [0, 0.1) is 11.8 Å². The summed E-state index contributed by atoms with van der Waals surface area (Å²) in [4.78, 5) is 5.17. The van der Waals surface area contributed by atoms with Crippen molar-refractivity contribution >= 4 is 0 Å². The molecule has 0 spiro atoms. The van der Waals surface area contributed by atoms with Crippen molar-refractivity contribution in [3.8, 4) is 0 Å². The highest BCUT2D eigenvalue weighted by Crippen LogP contribution is 2.46. The van der Waals surface area contributed by atoms with Crippen molar-refractivity contribution in [2.45, 2.75) is 45.6 Å². The van der Waals surface area contributed by atoms with Gasteiger partial charge in [-0.15, -0.1) is 0 Å². The van der Waals surface area contributed by atoms with E-state index < -0.39 is 0 Å². The van der Waals surface area contributed by atoms with Crippen LogP contribution in [0.15, 0.2) is 0 Å². The van der Waals surface area contributed by atoms with Gasteiger partial charge in [0.2, 0.25) is 0 Å². The van der Waals surface area contributed by atoms with Crippen LogP contribution >= 0.6 is 0 Å². The van der Waals surface area contributed by atoms with Crippen molar-refractivity contribution in [1.82, 2.24) is 9.80 Å². The summed E-state index contributed by atoms with van der Waals surface area (Å²) in [5.74, 6) is 2.11. The Labute approximate surface area is 101 Å². The number of nitrogens with zero attached hydrogens (tertiary/aromatic N) is 2. The van der Waals surface area contributed by atoms with E-state index in [1.165, 1.54) is 51.9 Å². The number of fused-ring (bicyclic) bond motifs is 2. The van der Waals surface area contributed by atoms with Crippen LogP contribution in [-0.2, 0) is 0 Å². The Morgan fingerprint density at radius 3 is 2.25 bits per heavy atom. The van der Waals surface area contributed by atoms with Crippen molar-refractivity contribution < 1.29 is 0 Å². The Hall–Kier alpha value is -0.0800. The zero-order valence-electron chi connectivity index (χ0n) is 11.3. The van der Waals surface area contributed by atoms with E-state index in [9.17, 15) is 0 Å². The lowest BCUT2D eigenvalue weighted by Gasteiger charge is -2.33. The summed E-state index contributed by atoms with van der Waals surface area (Å²) in [5, 5.41) is 0. The molecule has 0 unspecified atom stereocenters. The molecule has 3 atom stereocenters. The van der Waals surface area contributed by atoms with E-state index in [2.05, 4.69) is 30.7 Å². The van der Waals surface area contributed by atoms with Gasteiger partial charge in [0.05, 0.1) is 0 Å². The molecule has 0 aliphatic heterocycles. The molecule has 0 aromatic rings. The molecule has 2 bridgehead atoms. The van der Waals surface area contributed by atoms with Gasteiger partial charge < -0.3 is 9.80 Å². The topological polar surface area (TPSA) is 6.48 Å². The summed E-state index contributed by atoms with van der Waals surface area (Å²) in [7, 11) is 2.34. The smallest absolute Gasteiger partial charge is 0.0124 e. The Kier molecular flexibility index (Phi) is 4.26. The number of hydrogen-bond donors (Lipinski definition) is 0. The van der Waals surface area contributed by atoms with Crippen LogP contribution in [0.5, 0.6) is 0 Å². The Bertz CT molecular complexity index is 213. The van der Waals surface area contributed by atoms with Crippen molar-refractivity contribution in [3.63, 3.8) is 0 Å². The van der Waals surface area contributed by atoms with Crippen LogP contribution in [0.25, 0.3) is 0 Å². The molecular weight excluding hydrogens is 196 g/mol. The molecule has 2 rings (SSSR count). The highest BCUT2D eigenvalue weighted by molar-refractivity contribution is 4.94. The molecule has 0 heterocycles. The molecule has 0 aromatic carbocycles. The number of rotatable bonds is 6. The Morgan fingerprint density at radius 1 is 1.00 bits per heavy atom. The molecule has 2 aliphatic carbocycles. The van der Waals surface area contributed by atoms with Crippen LogP contribution in [0.1, 0.15) is 39.5 Å². The van der Waals surface area contributed by atoms with Crippen molar-refractivity contribution in [1.29, 1.82) is 0 Å². The van der Waals surface area contributed by atoms with Crippen LogP contribution in [0.4, 0.5) is 0 Å². The molecule has 2 heteroatoms. The largest absolute Gasteiger partial charge is 0.303 e. The van der Waals surface area contributed by atoms with Gasteiger partial charge in [-0.2, -0.15) is 0 Å². The highest BCUT2D eigenvalue weighted by atomic mass is 15.2. The van der Waals surface area contributed by atoms with E-state index in [0.717, 1.165) is 17.9 Å². The van der Waals surface area contributed by atoms with Gasteiger partial charge in [-0.1, -0.05) is 20.3 Å². The lowest BCUT2D eigenvalue weighted by molar-refractivity contribution is 0.153. The summed E-state index contributed by atoms with van der Waals surface area (Å²) >= 11 is 0. The molecule has 0 amide bonds. The third-order valence-electron chi connectivity index (χ3n) is 4.93. The van der Waals surface area contributed by atoms with E-state index in [-0.39, 0.29) is 0 Å². The molecule has 16 heavy (non-hydrogen) atoms. The standard InChI is InChI=1S/C14H28N2/c1-4-16(5-2)9-8-15(3)14-11-12-6-7-13(14)10-12/h12-14H,4-11H2,1-3H3/t12-,13-,14-/m0/s1. The van der Waals surface area contributed by atoms with Gasteiger partial charge in [-0.05, 0) is 51.2 Å². The first-order valence-corrected chi connectivity index (χ1v) is 7.17. The van der Waals surface area contributed by atoms with Gasteiger partial charge in [0.1, 0.15) is 0 Å². The van der Waals surface area contributed by atoms with E-state index in [4.69, 9.17) is 0 Å². The number of likely N-dealkylation sites (N-methyl/N-ethyl adjacent to an activating group) is 2. The molecular formula is C14H28N2. The van der Waals surface area contributed by atoms with E-state index in [1.807, 2.05) is 0 Å². The van der Waals surface area contributed by atoms with E-state index in [1.54, 1.807) is 0 Å². The first-order chi connectivity index (χ1) is 7.74. The molecule has 0 saturated heterocycles. The first kappa shape index (κ1) is 12.4. The minimum atomic E-state index is 0.911. The minimum Gasteiger partial charge on any atom is -0.303 e. The summed E-state index contributed by atoms with van der Waals surface area (Å²) in [5.41, 5.74) is 0. The monoisotopic (exact) mass is 224 g/mol. The second-order valence-electron chi connectivity index (χ2n) is 5.75. The Morgan fingerprint density at radius 2 is 1.75 bits per heavy atom.